The molecule has 0 heterocycles. The number of carbonyl (C=O) groups excluding carboxylic acids is 1. The van der Waals surface area contributed by atoms with Crippen molar-refractivity contribution in [3.05, 3.63) is 29.8 Å². The monoisotopic (exact) mass is 278 g/mol. The summed E-state index contributed by atoms with van der Waals surface area (Å²) in [7, 11) is 0. The number of hydrogen-bond acceptors (Lipinski definition) is 3. The van der Waals surface area contributed by atoms with Crippen LogP contribution in [0.5, 0.6) is 5.75 Å². The SMILES string of the molecule is Cc1ccc(OCC(C)NC(=O)C(N)CC(C)C)cc1. The first kappa shape index (κ1) is 16.5. The van der Waals surface area contributed by atoms with Crippen molar-refractivity contribution in [3.63, 3.8) is 0 Å². The third-order valence-electron chi connectivity index (χ3n) is 2.97. The molecule has 20 heavy (non-hydrogen) atoms. The molecule has 0 fully saturated rings. The Morgan fingerprint density at radius 2 is 1.85 bits per heavy atom. The molecule has 0 aromatic heterocycles. The molecule has 2 unspecified atom stereocenters. The van der Waals surface area contributed by atoms with E-state index in [9.17, 15) is 4.79 Å². The zero-order chi connectivity index (χ0) is 15.1. The number of carbonyl (C=O) groups is 1. The highest BCUT2D eigenvalue weighted by Crippen LogP contribution is 2.11. The molecule has 1 amide bonds. The Hall–Kier alpha value is -1.55. The van der Waals surface area contributed by atoms with Crippen molar-refractivity contribution in [1.82, 2.24) is 5.32 Å². The van der Waals surface area contributed by atoms with Crippen molar-refractivity contribution in [2.24, 2.45) is 11.7 Å². The minimum absolute atomic E-state index is 0.0676. The highest BCUT2D eigenvalue weighted by Gasteiger charge is 2.17. The van der Waals surface area contributed by atoms with Crippen LogP contribution < -0.4 is 15.8 Å². The molecule has 4 heteroatoms. The number of nitrogens with one attached hydrogen (secondary N) is 1. The quantitative estimate of drug-likeness (QED) is 0.804. The lowest BCUT2D eigenvalue weighted by molar-refractivity contribution is -0.123. The van der Waals surface area contributed by atoms with Crippen molar-refractivity contribution in [1.29, 1.82) is 0 Å². The largest absolute Gasteiger partial charge is 0.491 e. The normalized spacial score (nSPS) is 13.9. The van der Waals surface area contributed by atoms with Gasteiger partial charge in [-0.2, -0.15) is 0 Å². The van der Waals surface area contributed by atoms with Crippen LogP contribution in [0.25, 0.3) is 0 Å². The average molecular weight is 278 g/mol. The Balaban J connectivity index is 2.34. The first-order valence-electron chi connectivity index (χ1n) is 7.14. The summed E-state index contributed by atoms with van der Waals surface area (Å²) in [6.07, 6.45) is 0.692. The van der Waals surface area contributed by atoms with Crippen LogP contribution in [0.4, 0.5) is 0 Å². The van der Waals surface area contributed by atoms with Gasteiger partial charge in [-0.05, 0) is 38.3 Å². The predicted molar refractivity (Wildman–Crippen MR) is 81.7 cm³/mol. The molecule has 0 bridgehead atoms. The maximum atomic E-state index is 11.9. The molecule has 0 aliphatic carbocycles. The summed E-state index contributed by atoms with van der Waals surface area (Å²) in [5.74, 6) is 1.11. The van der Waals surface area contributed by atoms with E-state index in [-0.39, 0.29) is 11.9 Å². The standard InChI is InChI=1S/C16H26N2O2/c1-11(2)9-15(17)16(19)18-13(4)10-20-14-7-5-12(3)6-8-14/h5-8,11,13,15H,9-10,17H2,1-4H3,(H,18,19). The summed E-state index contributed by atoms with van der Waals surface area (Å²) in [5.41, 5.74) is 7.03. The predicted octanol–water partition coefficient (Wildman–Crippen LogP) is 2.25. The summed E-state index contributed by atoms with van der Waals surface area (Å²) in [5, 5.41) is 2.88. The Morgan fingerprint density at radius 3 is 2.40 bits per heavy atom. The van der Waals surface area contributed by atoms with Gasteiger partial charge in [-0.3, -0.25) is 4.79 Å². The molecule has 1 aromatic rings. The summed E-state index contributed by atoms with van der Waals surface area (Å²) in [6.45, 7) is 8.48. The topological polar surface area (TPSA) is 64.3 Å². The maximum absolute atomic E-state index is 11.9. The van der Waals surface area contributed by atoms with Crippen molar-refractivity contribution < 1.29 is 9.53 Å². The van der Waals surface area contributed by atoms with Crippen molar-refractivity contribution in [2.75, 3.05) is 6.61 Å². The van der Waals surface area contributed by atoms with Gasteiger partial charge in [0.05, 0.1) is 12.1 Å². The van der Waals surface area contributed by atoms with E-state index < -0.39 is 6.04 Å². The maximum Gasteiger partial charge on any atom is 0.237 e. The van der Waals surface area contributed by atoms with E-state index in [1.54, 1.807) is 0 Å². The van der Waals surface area contributed by atoms with Crippen molar-refractivity contribution in [2.45, 2.75) is 46.2 Å². The van der Waals surface area contributed by atoms with Gasteiger partial charge < -0.3 is 15.8 Å². The fourth-order valence-corrected chi connectivity index (χ4v) is 1.86. The number of aryl methyl sites for hydroxylation is 1. The lowest BCUT2D eigenvalue weighted by Gasteiger charge is -2.19. The fraction of sp³-hybridized carbons (Fsp3) is 0.562. The number of hydrogen-bond donors (Lipinski definition) is 2. The Labute approximate surface area is 121 Å². The van der Waals surface area contributed by atoms with Gasteiger partial charge in [0.15, 0.2) is 0 Å². The summed E-state index contributed by atoms with van der Waals surface area (Å²) >= 11 is 0. The number of benzene rings is 1. The number of amides is 1. The van der Waals surface area contributed by atoms with Crippen LogP contribution in [-0.4, -0.2) is 24.6 Å². The third kappa shape index (κ3) is 6.06. The van der Waals surface area contributed by atoms with E-state index >= 15 is 0 Å². The van der Waals surface area contributed by atoms with Gasteiger partial charge in [0.2, 0.25) is 5.91 Å². The molecule has 2 atom stereocenters. The lowest BCUT2D eigenvalue weighted by Crippen LogP contribution is -2.46. The van der Waals surface area contributed by atoms with Crippen molar-refractivity contribution in [3.8, 4) is 5.75 Å². The van der Waals surface area contributed by atoms with E-state index in [1.165, 1.54) is 5.56 Å². The molecule has 1 rings (SSSR count). The molecular weight excluding hydrogens is 252 g/mol. The first-order chi connectivity index (χ1) is 9.38. The van der Waals surface area contributed by atoms with Crippen LogP contribution in [0, 0.1) is 12.8 Å². The molecule has 0 aliphatic heterocycles. The Bertz CT molecular complexity index is 415. The molecule has 1 aromatic carbocycles. The van der Waals surface area contributed by atoms with Crippen LogP contribution in [0.15, 0.2) is 24.3 Å². The second-order valence-electron chi connectivity index (χ2n) is 5.77. The number of ether oxygens (including phenoxy) is 1. The van der Waals surface area contributed by atoms with E-state index in [0.29, 0.717) is 18.9 Å². The van der Waals surface area contributed by atoms with Gasteiger partial charge in [-0.25, -0.2) is 0 Å². The van der Waals surface area contributed by atoms with E-state index in [4.69, 9.17) is 10.5 Å². The van der Waals surface area contributed by atoms with Crippen LogP contribution in [0.3, 0.4) is 0 Å². The molecule has 0 saturated carbocycles. The summed E-state index contributed by atoms with van der Waals surface area (Å²) in [6, 6.07) is 7.33. The zero-order valence-corrected chi connectivity index (χ0v) is 12.8. The molecule has 3 N–H and O–H groups in total. The number of rotatable bonds is 7. The summed E-state index contributed by atoms with van der Waals surface area (Å²) < 4.78 is 5.63. The molecule has 0 saturated heterocycles. The Morgan fingerprint density at radius 1 is 1.25 bits per heavy atom. The van der Waals surface area contributed by atoms with E-state index in [1.807, 2.05) is 38.1 Å². The van der Waals surface area contributed by atoms with Gasteiger partial charge in [-0.15, -0.1) is 0 Å². The van der Waals surface area contributed by atoms with Crippen LogP contribution in [0.1, 0.15) is 32.8 Å². The second kappa shape index (κ2) is 7.90. The third-order valence-corrected chi connectivity index (χ3v) is 2.97. The molecular formula is C16H26N2O2. The lowest BCUT2D eigenvalue weighted by atomic mass is 10.0. The number of nitrogens with two attached hydrogens (primary N) is 1. The van der Waals surface area contributed by atoms with Crippen molar-refractivity contribution >= 4 is 5.91 Å². The van der Waals surface area contributed by atoms with Gasteiger partial charge in [0, 0.05) is 0 Å². The molecule has 0 aliphatic rings. The summed E-state index contributed by atoms with van der Waals surface area (Å²) in [4.78, 5) is 11.9. The van der Waals surface area contributed by atoms with E-state index in [2.05, 4.69) is 19.2 Å². The highest BCUT2D eigenvalue weighted by atomic mass is 16.5. The van der Waals surface area contributed by atoms with E-state index in [0.717, 1.165) is 5.75 Å². The minimum Gasteiger partial charge on any atom is -0.491 e. The first-order valence-corrected chi connectivity index (χ1v) is 7.14. The van der Waals surface area contributed by atoms with Gasteiger partial charge in [0.25, 0.3) is 0 Å². The highest BCUT2D eigenvalue weighted by molar-refractivity contribution is 5.81. The van der Waals surface area contributed by atoms with Gasteiger partial charge >= 0.3 is 0 Å². The van der Waals surface area contributed by atoms with Gasteiger partial charge in [-0.1, -0.05) is 31.5 Å². The van der Waals surface area contributed by atoms with Gasteiger partial charge in [0.1, 0.15) is 12.4 Å². The van der Waals surface area contributed by atoms with Crippen LogP contribution in [0.2, 0.25) is 0 Å². The Kier molecular flexibility index (Phi) is 6.52. The molecule has 112 valence electrons. The zero-order valence-electron chi connectivity index (χ0n) is 12.8. The minimum atomic E-state index is -0.447. The van der Waals surface area contributed by atoms with Crippen LogP contribution in [-0.2, 0) is 4.79 Å². The second-order valence-corrected chi connectivity index (χ2v) is 5.77. The fourth-order valence-electron chi connectivity index (χ4n) is 1.86. The smallest absolute Gasteiger partial charge is 0.237 e. The average Bonchev–Trinajstić information content (AvgIpc) is 2.37. The van der Waals surface area contributed by atoms with Crippen LogP contribution >= 0.6 is 0 Å². The molecule has 0 spiro atoms. The molecule has 0 radical (unpaired) electrons. The molecule has 4 nitrogen and oxygen atoms in total.